The molecule has 0 N–H and O–H groups in total. The van der Waals surface area contributed by atoms with Gasteiger partial charge in [-0.25, -0.2) is 14.2 Å². The number of esters is 1. The molecule has 2 fully saturated rings. The Morgan fingerprint density at radius 1 is 1.18 bits per heavy atom. The first kappa shape index (κ1) is 23.4. The lowest BCUT2D eigenvalue weighted by molar-refractivity contribution is -0.136. The molecule has 0 unspecified atom stereocenters. The molecule has 1 aromatic carbocycles. The zero-order chi connectivity index (χ0) is 23.5. The van der Waals surface area contributed by atoms with E-state index in [1.54, 1.807) is 30.9 Å². The minimum Gasteiger partial charge on any atom is -0.462 e. The maximum absolute atomic E-state index is 13.7. The third-order valence-electron chi connectivity index (χ3n) is 6.01. The number of nitrogens with zero attached hydrogens (tertiary/aromatic N) is 3. The fraction of sp³-hybridized carbons (Fsp3) is 0.500. The monoisotopic (exact) mass is 473 g/mol. The Bertz CT molecular complexity index is 1030. The molecule has 1 aliphatic heterocycles. The van der Waals surface area contributed by atoms with Gasteiger partial charge in [-0.1, -0.05) is 23.5 Å². The molecule has 33 heavy (non-hydrogen) atoms. The van der Waals surface area contributed by atoms with Gasteiger partial charge in [0.05, 0.1) is 24.8 Å². The van der Waals surface area contributed by atoms with E-state index in [9.17, 15) is 18.8 Å². The summed E-state index contributed by atoms with van der Waals surface area (Å²) >= 11 is 1.12. The van der Waals surface area contributed by atoms with Gasteiger partial charge in [-0.05, 0) is 57.2 Å². The molecular formula is C24H28FN3O4S. The van der Waals surface area contributed by atoms with E-state index in [1.807, 2.05) is 4.90 Å². The molecule has 4 rings (SSSR count). The van der Waals surface area contributed by atoms with Crippen LogP contribution in [-0.2, 0) is 20.9 Å². The number of halogens is 1. The zero-order valence-electron chi connectivity index (χ0n) is 18.9. The highest BCUT2D eigenvalue weighted by molar-refractivity contribution is 7.17. The summed E-state index contributed by atoms with van der Waals surface area (Å²) in [5, 5.41) is 0.399. The highest BCUT2D eigenvalue weighted by Crippen LogP contribution is 2.34. The predicted molar refractivity (Wildman–Crippen MR) is 122 cm³/mol. The Morgan fingerprint density at radius 2 is 1.91 bits per heavy atom. The average Bonchev–Trinajstić information content (AvgIpc) is 3.59. The second kappa shape index (κ2) is 9.99. The van der Waals surface area contributed by atoms with Crippen molar-refractivity contribution in [3.63, 3.8) is 0 Å². The van der Waals surface area contributed by atoms with Crippen molar-refractivity contribution in [1.82, 2.24) is 9.88 Å². The predicted octanol–water partition coefficient (Wildman–Crippen LogP) is 3.95. The van der Waals surface area contributed by atoms with Crippen LogP contribution in [0.15, 0.2) is 24.3 Å². The Hall–Kier alpha value is -2.81. The van der Waals surface area contributed by atoms with Gasteiger partial charge in [-0.15, -0.1) is 0 Å². The van der Waals surface area contributed by atoms with Crippen molar-refractivity contribution in [2.45, 2.75) is 46.1 Å². The minimum atomic E-state index is -0.466. The van der Waals surface area contributed by atoms with Crippen LogP contribution in [0.4, 0.5) is 9.52 Å². The number of hydrogen-bond donors (Lipinski definition) is 0. The first-order valence-electron chi connectivity index (χ1n) is 11.4. The molecule has 2 amide bonds. The molecule has 1 saturated carbocycles. The molecule has 7 nitrogen and oxygen atoms in total. The Balaban J connectivity index is 1.60. The number of amides is 2. The molecule has 0 radical (unpaired) electrons. The van der Waals surface area contributed by atoms with Gasteiger partial charge in [-0.3, -0.25) is 14.5 Å². The first-order chi connectivity index (χ1) is 15.9. The zero-order valence-corrected chi connectivity index (χ0v) is 19.7. The Labute approximate surface area is 196 Å². The smallest absolute Gasteiger partial charge is 0.350 e. The van der Waals surface area contributed by atoms with Crippen LogP contribution in [0, 0.1) is 24.6 Å². The minimum absolute atomic E-state index is 0.114. The van der Waals surface area contributed by atoms with E-state index in [-0.39, 0.29) is 42.6 Å². The molecule has 2 aliphatic rings. The standard InChI is InChI=1S/C24H28FN3O4S/c1-3-32-23(31)20-15(2)26-24(33-20)28(13-16-6-10-19(25)11-7-16)22(30)18-5-4-12-27(14-18)21(29)17-8-9-17/h6-7,10-11,17-18H,3-5,8-9,12-14H2,1-2H3/t18-/m0/s1. The molecule has 1 aliphatic carbocycles. The van der Waals surface area contributed by atoms with Crippen molar-refractivity contribution < 1.29 is 23.5 Å². The van der Waals surface area contributed by atoms with Gasteiger partial charge < -0.3 is 9.64 Å². The summed E-state index contributed by atoms with van der Waals surface area (Å²) in [4.78, 5) is 46.8. The number of hydrogen-bond acceptors (Lipinski definition) is 6. The molecule has 1 atom stereocenters. The first-order valence-corrected chi connectivity index (χ1v) is 12.2. The van der Waals surface area contributed by atoms with Crippen LogP contribution in [0.3, 0.4) is 0 Å². The summed E-state index contributed by atoms with van der Waals surface area (Å²) in [6.07, 6.45) is 3.31. The van der Waals surface area contributed by atoms with Gasteiger partial charge in [0, 0.05) is 19.0 Å². The summed E-state index contributed by atoms with van der Waals surface area (Å²) in [7, 11) is 0. The number of piperidine rings is 1. The lowest BCUT2D eigenvalue weighted by Gasteiger charge is -2.34. The molecule has 1 aromatic heterocycles. The summed E-state index contributed by atoms with van der Waals surface area (Å²) in [5.74, 6) is -1.05. The van der Waals surface area contributed by atoms with Gasteiger partial charge >= 0.3 is 5.97 Å². The second-order valence-electron chi connectivity index (χ2n) is 8.58. The average molecular weight is 474 g/mol. The van der Waals surface area contributed by atoms with E-state index in [4.69, 9.17) is 4.74 Å². The highest BCUT2D eigenvalue weighted by Gasteiger charge is 2.38. The fourth-order valence-corrected chi connectivity index (χ4v) is 5.05. The van der Waals surface area contributed by atoms with Crippen LogP contribution in [0.1, 0.15) is 53.5 Å². The topological polar surface area (TPSA) is 79.8 Å². The molecule has 0 bridgehead atoms. The van der Waals surface area contributed by atoms with Crippen molar-refractivity contribution in [2.24, 2.45) is 11.8 Å². The van der Waals surface area contributed by atoms with Gasteiger partial charge in [0.25, 0.3) is 0 Å². The fourth-order valence-electron chi connectivity index (χ4n) is 4.08. The molecule has 2 aromatic rings. The van der Waals surface area contributed by atoms with E-state index < -0.39 is 5.97 Å². The molecule has 176 valence electrons. The molecule has 0 spiro atoms. The summed E-state index contributed by atoms with van der Waals surface area (Å²) in [6.45, 7) is 4.96. The van der Waals surface area contributed by atoms with Crippen LogP contribution in [0.25, 0.3) is 0 Å². The summed E-state index contributed by atoms with van der Waals surface area (Å²) in [5.41, 5.74) is 1.25. The lowest BCUT2D eigenvalue weighted by Crippen LogP contribution is -2.47. The number of benzene rings is 1. The number of carbonyl (C=O) groups is 3. The number of rotatable bonds is 7. The van der Waals surface area contributed by atoms with E-state index in [2.05, 4.69) is 4.98 Å². The largest absolute Gasteiger partial charge is 0.462 e. The number of likely N-dealkylation sites (tertiary alicyclic amines) is 1. The van der Waals surface area contributed by atoms with Gasteiger partial charge in [0.15, 0.2) is 5.13 Å². The van der Waals surface area contributed by atoms with Crippen LogP contribution < -0.4 is 4.90 Å². The lowest BCUT2D eigenvalue weighted by atomic mass is 9.96. The van der Waals surface area contributed by atoms with Crippen molar-refractivity contribution in [2.75, 3.05) is 24.6 Å². The van der Waals surface area contributed by atoms with E-state index in [1.165, 1.54) is 12.1 Å². The van der Waals surface area contributed by atoms with Gasteiger partial charge in [0.2, 0.25) is 11.8 Å². The molecule has 1 saturated heterocycles. The van der Waals surface area contributed by atoms with E-state index in [0.717, 1.165) is 36.2 Å². The maximum atomic E-state index is 13.7. The number of thiazole rings is 1. The quantitative estimate of drug-likeness (QED) is 0.569. The van der Waals surface area contributed by atoms with Crippen molar-refractivity contribution in [1.29, 1.82) is 0 Å². The summed E-state index contributed by atoms with van der Waals surface area (Å²) in [6, 6.07) is 5.97. The number of aryl methyl sites for hydroxylation is 1. The number of anilines is 1. The Kier molecular flexibility index (Phi) is 7.07. The molecule has 2 heterocycles. The second-order valence-corrected chi connectivity index (χ2v) is 9.56. The van der Waals surface area contributed by atoms with Crippen LogP contribution in [0.5, 0.6) is 0 Å². The van der Waals surface area contributed by atoms with Crippen LogP contribution in [0.2, 0.25) is 0 Å². The molecule has 9 heteroatoms. The Morgan fingerprint density at radius 3 is 2.58 bits per heavy atom. The van der Waals surface area contributed by atoms with E-state index >= 15 is 0 Å². The third-order valence-corrected chi connectivity index (χ3v) is 7.17. The normalized spacial score (nSPS) is 18.2. The number of ether oxygens (including phenoxy) is 1. The third kappa shape index (κ3) is 5.40. The SMILES string of the molecule is CCOC(=O)c1sc(N(Cc2ccc(F)cc2)C(=O)[C@H]2CCCN(C(=O)C3CC3)C2)nc1C. The van der Waals surface area contributed by atoms with Gasteiger partial charge in [0.1, 0.15) is 10.7 Å². The molecular weight excluding hydrogens is 445 g/mol. The number of carbonyl (C=O) groups excluding carboxylic acids is 3. The maximum Gasteiger partial charge on any atom is 0.350 e. The van der Waals surface area contributed by atoms with E-state index in [0.29, 0.717) is 35.2 Å². The highest BCUT2D eigenvalue weighted by atomic mass is 32.1. The van der Waals surface area contributed by atoms with Crippen LogP contribution in [-0.4, -0.2) is 47.4 Å². The summed E-state index contributed by atoms with van der Waals surface area (Å²) < 4.78 is 18.5. The van der Waals surface area contributed by atoms with Gasteiger partial charge in [-0.2, -0.15) is 0 Å². The van der Waals surface area contributed by atoms with Crippen molar-refractivity contribution >= 4 is 34.3 Å². The van der Waals surface area contributed by atoms with Crippen molar-refractivity contribution in [3.8, 4) is 0 Å². The number of aromatic nitrogens is 1. The van der Waals surface area contributed by atoms with Crippen molar-refractivity contribution in [3.05, 3.63) is 46.2 Å². The van der Waals surface area contributed by atoms with Crippen LogP contribution >= 0.6 is 11.3 Å².